The molecule has 47 heavy (non-hydrogen) atoms. The Morgan fingerprint density at radius 1 is 0.489 bits per heavy atom. The van der Waals surface area contributed by atoms with Crippen molar-refractivity contribution in [3.63, 3.8) is 0 Å². The second-order valence-electron chi connectivity index (χ2n) is 12.1. The minimum atomic E-state index is -0.330. The summed E-state index contributed by atoms with van der Waals surface area (Å²) in [7, 11) is 0. The van der Waals surface area contributed by atoms with E-state index in [0.29, 0.717) is 0 Å². The number of hydrogen-bond acceptors (Lipinski definition) is 4. The average Bonchev–Trinajstić information content (AvgIpc) is 3.53. The van der Waals surface area contributed by atoms with Gasteiger partial charge in [-0.25, -0.2) is 4.99 Å². The number of fused-ring (bicyclic) bond motifs is 4. The molecule has 7 aromatic carbocycles. The maximum absolute atomic E-state index is 6.46. The van der Waals surface area contributed by atoms with Crippen LogP contribution in [0.1, 0.15) is 29.0 Å². The van der Waals surface area contributed by atoms with Crippen LogP contribution >= 0.6 is 0 Å². The van der Waals surface area contributed by atoms with E-state index in [-0.39, 0.29) is 12.3 Å². The first-order valence-electron chi connectivity index (χ1n) is 16.0. The largest absolute Gasteiger partial charge is 0.456 e. The van der Waals surface area contributed by atoms with Gasteiger partial charge in [-0.1, -0.05) is 140 Å². The van der Waals surface area contributed by atoms with Crippen LogP contribution < -0.4 is 10.6 Å². The minimum Gasteiger partial charge on any atom is -0.456 e. The van der Waals surface area contributed by atoms with Gasteiger partial charge in [0.15, 0.2) is 0 Å². The van der Waals surface area contributed by atoms with Gasteiger partial charge >= 0.3 is 0 Å². The molecule has 1 aromatic heterocycles. The molecule has 2 N–H and O–H groups in total. The molecule has 9 rings (SSSR count). The predicted molar refractivity (Wildman–Crippen MR) is 193 cm³/mol. The van der Waals surface area contributed by atoms with Crippen LogP contribution in [0.15, 0.2) is 173 Å². The van der Waals surface area contributed by atoms with Crippen LogP contribution in [0.2, 0.25) is 0 Å². The number of nitrogens with one attached hydrogen (secondary N) is 2. The monoisotopic (exact) mass is 605 g/mol. The Morgan fingerprint density at radius 3 is 1.96 bits per heavy atom. The number of amidine groups is 1. The highest BCUT2D eigenvalue weighted by atomic mass is 16.3. The van der Waals surface area contributed by atoms with Gasteiger partial charge in [0.25, 0.3) is 0 Å². The van der Waals surface area contributed by atoms with Crippen LogP contribution in [0.5, 0.6) is 0 Å². The summed E-state index contributed by atoms with van der Waals surface area (Å²) < 4.78 is 6.46. The lowest BCUT2D eigenvalue weighted by molar-refractivity contribution is 0.410. The first kappa shape index (κ1) is 27.3. The van der Waals surface area contributed by atoms with E-state index in [1.54, 1.807) is 0 Å². The zero-order valence-electron chi connectivity index (χ0n) is 25.6. The van der Waals surface area contributed by atoms with Crippen LogP contribution in [0, 0.1) is 0 Å². The zero-order valence-corrected chi connectivity index (χ0v) is 25.6. The molecule has 224 valence electrons. The van der Waals surface area contributed by atoms with Crippen molar-refractivity contribution in [3.8, 4) is 22.3 Å². The SMILES string of the molecule is c1ccc(C2=NC(c3cc(-c4ccccc4)cc4oc5ccccc5c34)NC(c3ccc(-c4ccc5ccccc5c4)cc3)N2)cc1. The molecule has 4 heteroatoms. The Kier molecular flexibility index (Phi) is 6.65. The molecule has 0 saturated carbocycles. The van der Waals surface area contributed by atoms with E-state index in [9.17, 15) is 0 Å². The van der Waals surface area contributed by atoms with Crippen molar-refractivity contribution >= 4 is 38.5 Å². The number of hydrogen-bond donors (Lipinski definition) is 2. The number of aliphatic imine (C=N–C) groups is 1. The van der Waals surface area contributed by atoms with Crippen LogP contribution in [0.3, 0.4) is 0 Å². The highest BCUT2D eigenvalue weighted by Crippen LogP contribution is 2.39. The first-order valence-corrected chi connectivity index (χ1v) is 16.0. The third kappa shape index (κ3) is 5.05. The van der Waals surface area contributed by atoms with E-state index in [1.165, 1.54) is 21.9 Å². The third-order valence-electron chi connectivity index (χ3n) is 9.15. The molecule has 2 atom stereocenters. The maximum atomic E-state index is 6.46. The Bertz CT molecular complexity index is 2410. The Labute approximate surface area is 273 Å². The molecule has 1 aliphatic heterocycles. The van der Waals surface area contributed by atoms with Crippen LogP contribution in [-0.4, -0.2) is 5.84 Å². The van der Waals surface area contributed by atoms with Gasteiger partial charge in [0.2, 0.25) is 0 Å². The topological polar surface area (TPSA) is 49.6 Å². The standard InChI is InChI=1S/C43H31N3O/c1-3-11-28(12-4-1)35-26-37(40-36-17-9-10-18-38(36)47-39(40)27-35)43-45-41(31-14-5-2-6-15-31)44-42(46-43)32-22-19-30(20-23-32)34-24-21-29-13-7-8-16-33(29)25-34/h1-27,42-43,46H,(H,44,45). The van der Waals surface area contributed by atoms with Crippen molar-refractivity contribution in [2.24, 2.45) is 4.99 Å². The fraction of sp³-hybridized carbons (Fsp3) is 0.0465. The van der Waals surface area contributed by atoms with Gasteiger partial charge in [0.1, 0.15) is 29.3 Å². The molecule has 0 bridgehead atoms. The summed E-state index contributed by atoms with van der Waals surface area (Å²) in [6.07, 6.45) is -0.504. The molecule has 1 aliphatic rings. The van der Waals surface area contributed by atoms with Gasteiger partial charge in [-0.15, -0.1) is 0 Å². The van der Waals surface area contributed by atoms with E-state index in [4.69, 9.17) is 9.41 Å². The highest BCUT2D eigenvalue weighted by Gasteiger charge is 2.28. The van der Waals surface area contributed by atoms with Gasteiger partial charge in [-0.3, -0.25) is 5.32 Å². The number of benzene rings is 7. The number of para-hydroxylation sites is 1. The molecule has 8 aromatic rings. The van der Waals surface area contributed by atoms with Crippen molar-refractivity contribution in [2.45, 2.75) is 12.3 Å². The molecule has 0 saturated heterocycles. The highest BCUT2D eigenvalue weighted by molar-refractivity contribution is 6.08. The van der Waals surface area contributed by atoms with E-state index in [0.717, 1.165) is 55.6 Å². The van der Waals surface area contributed by atoms with Crippen molar-refractivity contribution in [1.82, 2.24) is 10.6 Å². The summed E-state index contributed by atoms with van der Waals surface area (Å²) in [6, 6.07) is 57.5. The molecule has 0 amide bonds. The summed E-state index contributed by atoms with van der Waals surface area (Å²) in [5.41, 5.74) is 9.62. The predicted octanol–water partition coefficient (Wildman–Crippen LogP) is 10.4. The molecule has 2 unspecified atom stereocenters. The molecule has 2 heterocycles. The van der Waals surface area contributed by atoms with E-state index < -0.39 is 0 Å². The molecule has 0 aliphatic carbocycles. The number of rotatable bonds is 5. The molecule has 0 radical (unpaired) electrons. The van der Waals surface area contributed by atoms with E-state index >= 15 is 0 Å². The van der Waals surface area contributed by atoms with Crippen molar-refractivity contribution in [2.75, 3.05) is 0 Å². The molecule has 0 spiro atoms. The second kappa shape index (κ2) is 11.4. The number of nitrogens with zero attached hydrogens (tertiary/aromatic N) is 1. The van der Waals surface area contributed by atoms with Crippen LogP contribution in [0.4, 0.5) is 0 Å². The van der Waals surface area contributed by atoms with E-state index in [1.807, 2.05) is 24.3 Å². The summed E-state index contributed by atoms with van der Waals surface area (Å²) in [6.45, 7) is 0. The lowest BCUT2D eigenvalue weighted by Crippen LogP contribution is -2.45. The summed E-state index contributed by atoms with van der Waals surface area (Å²) in [4.78, 5) is 5.32. The van der Waals surface area contributed by atoms with Crippen molar-refractivity contribution in [3.05, 3.63) is 180 Å². The Balaban J connectivity index is 1.16. The fourth-order valence-corrected chi connectivity index (χ4v) is 6.77. The minimum absolute atomic E-state index is 0.174. The summed E-state index contributed by atoms with van der Waals surface area (Å²) in [5.74, 6) is 0.851. The lowest BCUT2D eigenvalue weighted by atomic mass is 9.96. The zero-order chi connectivity index (χ0) is 31.2. The molecular weight excluding hydrogens is 574 g/mol. The van der Waals surface area contributed by atoms with Crippen molar-refractivity contribution in [1.29, 1.82) is 0 Å². The van der Waals surface area contributed by atoms with Gasteiger partial charge in [-0.05, 0) is 62.9 Å². The number of furan rings is 1. The maximum Gasteiger partial charge on any atom is 0.136 e. The summed E-state index contributed by atoms with van der Waals surface area (Å²) in [5, 5.41) is 12.2. The third-order valence-corrected chi connectivity index (χ3v) is 9.15. The fourth-order valence-electron chi connectivity index (χ4n) is 6.77. The lowest BCUT2D eigenvalue weighted by Gasteiger charge is -2.32. The Hall–Kier alpha value is -5.97. The van der Waals surface area contributed by atoms with Gasteiger partial charge in [-0.2, -0.15) is 0 Å². The van der Waals surface area contributed by atoms with Gasteiger partial charge in [0.05, 0.1) is 0 Å². The smallest absolute Gasteiger partial charge is 0.136 e. The van der Waals surface area contributed by atoms with Gasteiger partial charge < -0.3 is 9.73 Å². The van der Waals surface area contributed by atoms with Gasteiger partial charge in [0, 0.05) is 21.9 Å². The summed E-state index contributed by atoms with van der Waals surface area (Å²) >= 11 is 0. The average molecular weight is 606 g/mol. The Morgan fingerprint density at radius 2 is 1.15 bits per heavy atom. The van der Waals surface area contributed by atoms with Crippen molar-refractivity contribution < 1.29 is 4.42 Å². The normalized spacial score (nSPS) is 16.3. The first-order chi connectivity index (χ1) is 23.3. The molecule has 0 fully saturated rings. The van der Waals surface area contributed by atoms with Crippen LogP contribution in [-0.2, 0) is 0 Å². The molecule has 4 nitrogen and oxygen atoms in total. The quantitative estimate of drug-likeness (QED) is 0.205. The van der Waals surface area contributed by atoms with E-state index in [2.05, 4.69) is 150 Å². The second-order valence-corrected chi connectivity index (χ2v) is 12.1. The van der Waals surface area contributed by atoms with Crippen LogP contribution in [0.25, 0.3) is 55.0 Å². The molecular formula is C43H31N3O.